The van der Waals surface area contributed by atoms with E-state index in [1.807, 2.05) is 12.1 Å². The maximum absolute atomic E-state index is 5.94. The number of hydrogen-bond donors (Lipinski definition) is 1. The number of rotatable bonds is 2. The predicted molar refractivity (Wildman–Crippen MR) is 65.4 cm³/mol. The van der Waals surface area contributed by atoms with Crippen molar-refractivity contribution in [3.8, 4) is 11.3 Å². The molecule has 2 rings (SSSR count). The Morgan fingerprint density at radius 2 is 1.88 bits per heavy atom. The van der Waals surface area contributed by atoms with Crippen molar-refractivity contribution < 1.29 is 0 Å². The van der Waals surface area contributed by atoms with Gasteiger partial charge in [0.05, 0.1) is 21.4 Å². The molecule has 0 fully saturated rings. The van der Waals surface area contributed by atoms with Gasteiger partial charge in [-0.2, -0.15) is 0 Å². The maximum atomic E-state index is 5.94. The van der Waals surface area contributed by atoms with Crippen molar-refractivity contribution in [2.75, 3.05) is 0 Å². The minimum atomic E-state index is 0.386. The second-order valence-electron chi connectivity index (χ2n) is 3.23. The van der Waals surface area contributed by atoms with Crippen molar-refractivity contribution in [1.29, 1.82) is 0 Å². The van der Waals surface area contributed by atoms with Crippen LogP contribution in [-0.4, -0.2) is 9.97 Å². The van der Waals surface area contributed by atoms with E-state index in [-0.39, 0.29) is 0 Å². The van der Waals surface area contributed by atoms with Gasteiger partial charge in [0, 0.05) is 12.1 Å². The first-order valence-corrected chi connectivity index (χ1v) is 5.42. The average Bonchev–Trinajstić information content (AvgIpc) is 2.33. The monoisotopic (exact) mass is 253 g/mol. The summed E-state index contributed by atoms with van der Waals surface area (Å²) in [6.07, 6.45) is 1.49. The van der Waals surface area contributed by atoms with E-state index in [1.54, 1.807) is 12.1 Å². The molecule has 2 N–H and O–H groups in total. The summed E-state index contributed by atoms with van der Waals surface area (Å²) in [4.78, 5) is 8.19. The van der Waals surface area contributed by atoms with Gasteiger partial charge >= 0.3 is 0 Å². The lowest BCUT2D eigenvalue weighted by molar-refractivity contribution is 0.966. The van der Waals surface area contributed by atoms with Gasteiger partial charge in [0.1, 0.15) is 6.33 Å². The quantitative estimate of drug-likeness (QED) is 0.896. The largest absolute Gasteiger partial charge is 0.325 e. The van der Waals surface area contributed by atoms with Crippen LogP contribution in [0.2, 0.25) is 10.0 Å². The molecule has 1 aromatic heterocycles. The minimum absolute atomic E-state index is 0.386. The first kappa shape index (κ1) is 11.3. The molecule has 0 saturated heterocycles. The SMILES string of the molecule is NCc1cc(-c2ccc(Cl)c(Cl)c2)ncn1. The third kappa shape index (κ3) is 2.32. The summed E-state index contributed by atoms with van der Waals surface area (Å²) in [5.41, 5.74) is 7.98. The molecule has 3 nitrogen and oxygen atoms in total. The van der Waals surface area contributed by atoms with Crippen LogP contribution in [0.5, 0.6) is 0 Å². The molecular weight excluding hydrogens is 245 g/mol. The van der Waals surface area contributed by atoms with Crippen molar-refractivity contribution in [2.45, 2.75) is 6.54 Å². The van der Waals surface area contributed by atoms with E-state index in [0.717, 1.165) is 17.0 Å². The van der Waals surface area contributed by atoms with Crippen LogP contribution >= 0.6 is 23.2 Å². The van der Waals surface area contributed by atoms with Crippen molar-refractivity contribution >= 4 is 23.2 Å². The first-order valence-electron chi connectivity index (χ1n) is 4.67. The average molecular weight is 254 g/mol. The van der Waals surface area contributed by atoms with Gasteiger partial charge < -0.3 is 5.73 Å². The van der Waals surface area contributed by atoms with E-state index in [4.69, 9.17) is 28.9 Å². The first-order chi connectivity index (χ1) is 7.70. The highest BCUT2D eigenvalue weighted by atomic mass is 35.5. The predicted octanol–water partition coefficient (Wildman–Crippen LogP) is 2.91. The number of nitrogens with zero attached hydrogens (tertiary/aromatic N) is 2. The molecule has 0 spiro atoms. The summed E-state index contributed by atoms with van der Waals surface area (Å²) in [6.45, 7) is 0.386. The van der Waals surface area contributed by atoms with E-state index < -0.39 is 0 Å². The van der Waals surface area contributed by atoms with Gasteiger partial charge in [0.25, 0.3) is 0 Å². The number of hydrogen-bond acceptors (Lipinski definition) is 3. The van der Waals surface area contributed by atoms with Crippen LogP contribution in [0, 0.1) is 0 Å². The number of halogens is 2. The second kappa shape index (κ2) is 4.78. The fourth-order valence-corrected chi connectivity index (χ4v) is 1.62. The van der Waals surface area contributed by atoms with Crippen LogP contribution in [-0.2, 0) is 6.54 Å². The molecule has 0 radical (unpaired) electrons. The molecule has 0 aliphatic heterocycles. The zero-order valence-corrected chi connectivity index (χ0v) is 9.83. The Balaban J connectivity index is 2.46. The van der Waals surface area contributed by atoms with E-state index in [2.05, 4.69) is 9.97 Å². The molecule has 1 heterocycles. The summed E-state index contributed by atoms with van der Waals surface area (Å²) in [7, 11) is 0. The molecule has 0 bridgehead atoms. The zero-order valence-electron chi connectivity index (χ0n) is 8.32. The topological polar surface area (TPSA) is 51.8 Å². The molecule has 0 amide bonds. The van der Waals surface area contributed by atoms with Gasteiger partial charge in [0.15, 0.2) is 0 Å². The summed E-state index contributed by atoms with van der Waals surface area (Å²) in [6, 6.07) is 7.20. The fourth-order valence-electron chi connectivity index (χ4n) is 1.32. The lowest BCUT2D eigenvalue weighted by atomic mass is 10.1. The molecule has 2 aromatic rings. The molecule has 0 aliphatic rings. The summed E-state index contributed by atoms with van der Waals surface area (Å²) >= 11 is 11.8. The van der Waals surface area contributed by atoms with Gasteiger partial charge in [-0.05, 0) is 18.2 Å². The lowest BCUT2D eigenvalue weighted by Crippen LogP contribution is -2.00. The summed E-state index contributed by atoms with van der Waals surface area (Å²) in [5.74, 6) is 0. The third-order valence-electron chi connectivity index (χ3n) is 2.15. The Kier molecular flexibility index (Phi) is 3.39. The van der Waals surface area contributed by atoms with Gasteiger partial charge in [-0.15, -0.1) is 0 Å². The molecule has 0 saturated carbocycles. The van der Waals surface area contributed by atoms with Crippen LogP contribution in [0.3, 0.4) is 0 Å². The molecule has 5 heteroatoms. The fraction of sp³-hybridized carbons (Fsp3) is 0.0909. The lowest BCUT2D eigenvalue weighted by Gasteiger charge is -2.03. The number of benzene rings is 1. The van der Waals surface area contributed by atoms with Crippen molar-refractivity contribution in [2.24, 2.45) is 5.73 Å². The van der Waals surface area contributed by atoms with E-state index in [1.165, 1.54) is 6.33 Å². The molecule has 0 unspecified atom stereocenters. The molecule has 0 atom stereocenters. The molecule has 82 valence electrons. The Morgan fingerprint density at radius 3 is 2.56 bits per heavy atom. The highest BCUT2D eigenvalue weighted by Crippen LogP contribution is 2.27. The van der Waals surface area contributed by atoms with E-state index in [9.17, 15) is 0 Å². The normalized spacial score (nSPS) is 10.4. The Morgan fingerprint density at radius 1 is 1.06 bits per heavy atom. The highest BCUT2D eigenvalue weighted by molar-refractivity contribution is 6.42. The Hall–Kier alpha value is -1.16. The van der Waals surface area contributed by atoms with E-state index >= 15 is 0 Å². The standard InChI is InChI=1S/C11H9Cl2N3/c12-9-2-1-7(3-10(9)13)11-4-8(5-14)15-6-16-11/h1-4,6H,5,14H2. The Bertz CT molecular complexity index is 514. The maximum Gasteiger partial charge on any atom is 0.116 e. The van der Waals surface area contributed by atoms with Crippen LogP contribution in [0.4, 0.5) is 0 Å². The van der Waals surface area contributed by atoms with Gasteiger partial charge in [-0.3, -0.25) is 0 Å². The van der Waals surface area contributed by atoms with Gasteiger partial charge in [-0.25, -0.2) is 9.97 Å². The number of aromatic nitrogens is 2. The number of nitrogens with two attached hydrogens (primary N) is 1. The zero-order chi connectivity index (χ0) is 11.5. The van der Waals surface area contributed by atoms with Gasteiger partial charge in [-0.1, -0.05) is 29.3 Å². The molecular formula is C11H9Cl2N3. The third-order valence-corrected chi connectivity index (χ3v) is 2.89. The van der Waals surface area contributed by atoms with Crippen LogP contribution in [0.15, 0.2) is 30.6 Å². The van der Waals surface area contributed by atoms with Crippen molar-refractivity contribution in [1.82, 2.24) is 9.97 Å². The minimum Gasteiger partial charge on any atom is -0.325 e. The van der Waals surface area contributed by atoms with Crippen molar-refractivity contribution in [3.05, 3.63) is 46.3 Å². The van der Waals surface area contributed by atoms with Crippen LogP contribution in [0.1, 0.15) is 5.69 Å². The van der Waals surface area contributed by atoms with Crippen molar-refractivity contribution in [3.63, 3.8) is 0 Å². The van der Waals surface area contributed by atoms with E-state index in [0.29, 0.717) is 16.6 Å². The highest BCUT2D eigenvalue weighted by Gasteiger charge is 2.04. The molecule has 0 aliphatic carbocycles. The van der Waals surface area contributed by atoms with Crippen LogP contribution < -0.4 is 5.73 Å². The van der Waals surface area contributed by atoms with Crippen LogP contribution in [0.25, 0.3) is 11.3 Å². The summed E-state index contributed by atoms with van der Waals surface area (Å²) < 4.78 is 0. The molecule has 1 aromatic carbocycles. The molecule has 16 heavy (non-hydrogen) atoms. The smallest absolute Gasteiger partial charge is 0.116 e. The second-order valence-corrected chi connectivity index (χ2v) is 4.04. The summed E-state index contributed by atoms with van der Waals surface area (Å²) in [5, 5.41) is 1.03. The van der Waals surface area contributed by atoms with Gasteiger partial charge in [0.2, 0.25) is 0 Å². The Labute approximate surface area is 103 Å².